The summed E-state index contributed by atoms with van der Waals surface area (Å²) in [6.07, 6.45) is 1.98. The number of hydrogen-bond acceptors (Lipinski definition) is 6. The van der Waals surface area contributed by atoms with Crippen molar-refractivity contribution in [3.8, 4) is 11.5 Å². The van der Waals surface area contributed by atoms with Gasteiger partial charge in [-0.25, -0.2) is 8.42 Å². The molecule has 11 heteroatoms. The second-order valence-corrected chi connectivity index (χ2v) is 12.3. The van der Waals surface area contributed by atoms with Crippen LogP contribution in [0.25, 0.3) is 0 Å². The summed E-state index contributed by atoms with van der Waals surface area (Å²) in [7, 11) is -3.90. The second-order valence-electron chi connectivity index (χ2n) is 9.98. The molecule has 0 bridgehead atoms. The number of nitrogens with zero attached hydrogens (tertiary/aromatic N) is 2. The maximum atomic E-state index is 14.1. The SMILES string of the molecule is CCC(C)NC(=O)C(Cc1ccccc1)N(Cc1ccc(Cl)cc1)C(=O)CN(c1ccc2c(c1)OCO2)S(C)(=O)=O. The molecule has 0 saturated carbocycles. The number of fused-ring (bicyclic) bond motifs is 1. The summed E-state index contributed by atoms with van der Waals surface area (Å²) in [6.45, 7) is 3.43. The van der Waals surface area contributed by atoms with Crippen LogP contribution < -0.4 is 19.1 Å². The van der Waals surface area contributed by atoms with Crippen molar-refractivity contribution < 1.29 is 27.5 Å². The number of carbonyl (C=O) groups excluding carboxylic acids is 2. The van der Waals surface area contributed by atoms with E-state index in [1.54, 1.807) is 36.4 Å². The smallest absolute Gasteiger partial charge is 0.244 e. The lowest BCUT2D eigenvalue weighted by molar-refractivity contribution is -0.140. The molecular weight excluding hydrogens is 566 g/mol. The minimum Gasteiger partial charge on any atom is -0.454 e. The van der Waals surface area contributed by atoms with E-state index in [0.29, 0.717) is 22.9 Å². The van der Waals surface area contributed by atoms with Crippen molar-refractivity contribution in [2.45, 2.75) is 45.3 Å². The van der Waals surface area contributed by atoms with Gasteiger partial charge in [-0.2, -0.15) is 0 Å². The molecule has 0 fully saturated rings. The van der Waals surface area contributed by atoms with Gasteiger partial charge >= 0.3 is 0 Å². The van der Waals surface area contributed by atoms with Crippen molar-refractivity contribution in [2.75, 3.05) is 23.9 Å². The zero-order valence-corrected chi connectivity index (χ0v) is 24.8. The molecule has 41 heavy (non-hydrogen) atoms. The molecule has 1 aliphatic rings. The summed E-state index contributed by atoms with van der Waals surface area (Å²) in [5, 5.41) is 3.54. The second kappa shape index (κ2) is 13.3. The van der Waals surface area contributed by atoms with Crippen molar-refractivity contribution in [2.24, 2.45) is 0 Å². The molecule has 3 aromatic carbocycles. The summed E-state index contributed by atoms with van der Waals surface area (Å²) < 4.78 is 37.7. The van der Waals surface area contributed by atoms with Gasteiger partial charge in [0, 0.05) is 30.1 Å². The number of hydrogen-bond donors (Lipinski definition) is 1. The van der Waals surface area contributed by atoms with Crippen LogP contribution in [0.4, 0.5) is 5.69 Å². The van der Waals surface area contributed by atoms with Gasteiger partial charge in [0.25, 0.3) is 0 Å². The molecule has 0 spiro atoms. The fourth-order valence-electron chi connectivity index (χ4n) is 4.44. The quantitative estimate of drug-likeness (QED) is 0.331. The van der Waals surface area contributed by atoms with Crippen LogP contribution in [0.5, 0.6) is 11.5 Å². The van der Waals surface area contributed by atoms with Gasteiger partial charge < -0.3 is 19.7 Å². The molecule has 0 aliphatic carbocycles. The maximum absolute atomic E-state index is 14.1. The third kappa shape index (κ3) is 7.92. The highest BCUT2D eigenvalue weighted by molar-refractivity contribution is 7.92. The lowest BCUT2D eigenvalue weighted by Crippen LogP contribution is -2.54. The number of halogens is 1. The van der Waals surface area contributed by atoms with E-state index in [0.717, 1.165) is 21.7 Å². The van der Waals surface area contributed by atoms with E-state index in [-0.39, 0.29) is 37.4 Å². The third-order valence-corrected chi connectivity index (χ3v) is 8.25. The number of anilines is 1. The van der Waals surface area contributed by atoms with E-state index in [9.17, 15) is 18.0 Å². The Bertz CT molecular complexity index is 1470. The number of ether oxygens (including phenoxy) is 2. The zero-order valence-electron chi connectivity index (χ0n) is 23.2. The van der Waals surface area contributed by atoms with Crippen molar-refractivity contribution in [1.82, 2.24) is 10.2 Å². The molecule has 0 radical (unpaired) electrons. The van der Waals surface area contributed by atoms with Gasteiger partial charge in [-0.05, 0) is 48.7 Å². The Balaban J connectivity index is 1.72. The summed E-state index contributed by atoms with van der Waals surface area (Å²) in [4.78, 5) is 29.3. The monoisotopic (exact) mass is 599 g/mol. The van der Waals surface area contributed by atoms with Gasteiger partial charge in [-0.15, -0.1) is 0 Å². The van der Waals surface area contributed by atoms with Gasteiger partial charge in [0.15, 0.2) is 11.5 Å². The van der Waals surface area contributed by atoms with Crippen LogP contribution in [-0.2, 0) is 32.6 Å². The Hall–Kier alpha value is -3.76. The molecule has 9 nitrogen and oxygen atoms in total. The van der Waals surface area contributed by atoms with Crippen LogP contribution >= 0.6 is 11.6 Å². The highest BCUT2D eigenvalue weighted by Crippen LogP contribution is 2.36. The topological polar surface area (TPSA) is 105 Å². The number of benzene rings is 3. The number of rotatable bonds is 12. The Morgan fingerprint density at radius 2 is 1.66 bits per heavy atom. The molecular formula is C30H34ClN3O6S. The normalized spacial score (nSPS) is 13.8. The number of sulfonamides is 1. The Morgan fingerprint density at radius 3 is 2.32 bits per heavy atom. The highest BCUT2D eigenvalue weighted by atomic mass is 35.5. The zero-order chi connectivity index (χ0) is 29.6. The first-order valence-electron chi connectivity index (χ1n) is 13.3. The molecule has 0 saturated heterocycles. The van der Waals surface area contributed by atoms with E-state index in [1.807, 2.05) is 44.2 Å². The molecule has 3 aromatic rings. The molecule has 4 rings (SSSR count). The molecule has 2 amide bonds. The predicted molar refractivity (Wildman–Crippen MR) is 159 cm³/mol. The molecule has 0 aromatic heterocycles. The first kappa shape index (κ1) is 30.2. The molecule has 1 heterocycles. The van der Waals surface area contributed by atoms with Crippen molar-refractivity contribution in [3.63, 3.8) is 0 Å². The van der Waals surface area contributed by atoms with Crippen molar-refractivity contribution in [3.05, 3.63) is 88.9 Å². The van der Waals surface area contributed by atoms with Gasteiger partial charge in [-0.3, -0.25) is 13.9 Å². The summed E-state index contributed by atoms with van der Waals surface area (Å²) in [5.74, 6) is 0.0156. The van der Waals surface area contributed by atoms with Gasteiger partial charge in [0.2, 0.25) is 28.6 Å². The molecule has 2 atom stereocenters. The standard InChI is InChI=1S/C30H34ClN3O6S/c1-4-21(2)32-30(36)26(16-22-8-6-5-7-9-22)33(18-23-10-12-24(31)13-11-23)29(35)19-34(41(3,37)38)25-14-15-27-28(17-25)40-20-39-27/h5-15,17,21,26H,4,16,18-20H2,1-3H3,(H,32,36). The molecule has 1 N–H and O–H groups in total. The average molecular weight is 600 g/mol. The Morgan fingerprint density at radius 1 is 0.976 bits per heavy atom. The fraction of sp³-hybridized carbons (Fsp3) is 0.333. The lowest BCUT2D eigenvalue weighted by atomic mass is 10.0. The third-order valence-electron chi connectivity index (χ3n) is 6.86. The molecule has 218 valence electrons. The van der Waals surface area contributed by atoms with Crippen LogP contribution in [0.1, 0.15) is 31.4 Å². The van der Waals surface area contributed by atoms with Crippen molar-refractivity contribution in [1.29, 1.82) is 0 Å². The Labute approximate surface area is 246 Å². The van der Waals surface area contributed by atoms with Crippen LogP contribution in [-0.4, -0.2) is 56.8 Å². The predicted octanol–water partition coefficient (Wildman–Crippen LogP) is 4.39. The van der Waals surface area contributed by atoms with E-state index in [4.69, 9.17) is 21.1 Å². The summed E-state index contributed by atoms with van der Waals surface area (Å²) in [5.41, 5.74) is 1.85. The minimum atomic E-state index is -3.90. The molecule has 1 aliphatic heterocycles. The van der Waals surface area contributed by atoms with Gasteiger partial charge in [-0.1, -0.05) is 61.0 Å². The summed E-state index contributed by atoms with van der Waals surface area (Å²) >= 11 is 6.09. The number of nitrogens with one attached hydrogen (secondary N) is 1. The lowest BCUT2D eigenvalue weighted by Gasteiger charge is -2.34. The van der Waals surface area contributed by atoms with E-state index in [2.05, 4.69) is 5.32 Å². The van der Waals surface area contributed by atoms with Crippen LogP contribution in [0, 0.1) is 0 Å². The molecule has 2 unspecified atom stereocenters. The number of carbonyl (C=O) groups is 2. The first-order valence-corrected chi connectivity index (χ1v) is 15.5. The van der Waals surface area contributed by atoms with Gasteiger partial charge in [0.05, 0.1) is 11.9 Å². The van der Waals surface area contributed by atoms with E-state index >= 15 is 0 Å². The summed E-state index contributed by atoms with van der Waals surface area (Å²) in [6, 6.07) is 20.0. The number of amides is 2. The van der Waals surface area contributed by atoms with E-state index < -0.39 is 28.5 Å². The van der Waals surface area contributed by atoms with Crippen LogP contribution in [0.15, 0.2) is 72.8 Å². The van der Waals surface area contributed by atoms with Crippen LogP contribution in [0.3, 0.4) is 0 Å². The van der Waals surface area contributed by atoms with Crippen LogP contribution in [0.2, 0.25) is 5.02 Å². The largest absolute Gasteiger partial charge is 0.454 e. The first-order chi connectivity index (χ1) is 19.5. The van der Waals surface area contributed by atoms with Crippen molar-refractivity contribution >= 4 is 39.1 Å². The Kier molecular flexibility index (Phi) is 9.77. The maximum Gasteiger partial charge on any atom is 0.244 e. The van der Waals surface area contributed by atoms with Gasteiger partial charge in [0.1, 0.15) is 12.6 Å². The minimum absolute atomic E-state index is 0.0257. The average Bonchev–Trinajstić information content (AvgIpc) is 3.42. The highest BCUT2D eigenvalue weighted by Gasteiger charge is 2.33. The fourth-order valence-corrected chi connectivity index (χ4v) is 5.40. The van der Waals surface area contributed by atoms with E-state index in [1.165, 1.54) is 11.0 Å².